The number of rotatable bonds is 3. The van der Waals surface area contributed by atoms with E-state index in [0.717, 1.165) is 32.3 Å². The van der Waals surface area contributed by atoms with Crippen LogP contribution in [0.25, 0.3) is 0 Å². The molecule has 1 saturated heterocycles. The first kappa shape index (κ1) is 12.7. The van der Waals surface area contributed by atoms with Crippen LogP contribution in [0.4, 0.5) is 0 Å². The van der Waals surface area contributed by atoms with E-state index in [9.17, 15) is 4.79 Å². The predicted octanol–water partition coefficient (Wildman–Crippen LogP) is 2.33. The number of esters is 1. The van der Waals surface area contributed by atoms with E-state index in [4.69, 9.17) is 9.47 Å². The van der Waals surface area contributed by atoms with Gasteiger partial charge in [0.05, 0.1) is 30.0 Å². The fraction of sp³-hybridized carbons (Fsp3) is 0.714. The summed E-state index contributed by atoms with van der Waals surface area (Å²) in [6, 6.07) is 0.345. The summed E-state index contributed by atoms with van der Waals surface area (Å²) in [5.41, 5.74) is 0.634. The lowest BCUT2D eigenvalue weighted by Crippen LogP contribution is -2.46. The van der Waals surface area contributed by atoms with Crippen molar-refractivity contribution in [3.8, 4) is 0 Å². The molecule has 2 fully saturated rings. The zero-order valence-corrected chi connectivity index (χ0v) is 11.3. The molecule has 1 aromatic heterocycles. The Morgan fingerprint density at radius 2 is 2.47 bits per heavy atom. The van der Waals surface area contributed by atoms with Gasteiger partial charge in [-0.15, -0.1) is 0 Å². The van der Waals surface area contributed by atoms with Crippen molar-refractivity contribution >= 4 is 5.97 Å². The molecule has 1 aromatic rings. The van der Waals surface area contributed by atoms with Crippen LogP contribution in [0.5, 0.6) is 0 Å². The first-order chi connectivity index (χ1) is 9.22. The molecule has 0 bridgehead atoms. The first-order valence-electron chi connectivity index (χ1n) is 7.08. The average molecular weight is 264 g/mol. The molecule has 2 aliphatic rings. The SMILES string of the molecule is CCOC(=O)c1cnn(C2CCOC3(CCC3)C2)c1. The zero-order valence-electron chi connectivity index (χ0n) is 11.3. The van der Waals surface area contributed by atoms with Gasteiger partial charge in [0.15, 0.2) is 0 Å². The number of carbonyl (C=O) groups excluding carboxylic acids is 1. The van der Waals surface area contributed by atoms with Gasteiger partial charge in [0.1, 0.15) is 0 Å². The third-order valence-electron chi connectivity index (χ3n) is 4.22. The second-order valence-corrected chi connectivity index (χ2v) is 5.46. The summed E-state index contributed by atoms with van der Waals surface area (Å²) < 4.78 is 12.8. The summed E-state index contributed by atoms with van der Waals surface area (Å²) in [7, 11) is 0. The van der Waals surface area contributed by atoms with E-state index in [1.54, 1.807) is 19.3 Å². The molecule has 0 aromatic carbocycles. The van der Waals surface area contributed by atoms with Crippen LogP contribution in [-0.2, 0) is 9.47 Å². The fourth-order valence-corrected chi connectivity index (χ4v) is 3.00. The van der Waals surface area contributed by atoms with Crippen LogP contribution in [0, 0.1) is 0 Å². The molecule has 0 amide bonds. The number of nitrogens with zero attached hydrogens (tertiary/aromatic N) is 2. The normalized spacial score (nSPS) is 25.0. The van der Waals surface area contributed by atoms with Crippen molar-refractivity contribution in [2.75, 3.05) is 13.2 Å². The molecule has 2 heterocycles. The summed E-state index contributed by atoms with van der Waals surface area (Å²) in [6.45, 7) is 2.99. The Bertz CT molecular complexity index is 465. The Hall–Kier alpha value is -1.36. The summed E-state index contributed by atoms with van der Waals surface area (Å²) in [5, 5.41) is 4.33. The van der Waals surface area contributed by atoms with Crippen LogP contribution < -0.4 is 0 Å². The van der Waals surface area contributed by atoms with Crippen molar-refractivity contribution in [1.82, 2.24) is 9.78 Å². The predicted molar refractivity (Wildman–Crippen MR) is 69.0 cm³/mol. The molecular weight excluding hydrogens is 244 g/mol. The standard InChI is InChI=1S/C14H20N2O3/c1-2-18-13(17)11-9-15-16(10-11)12-4-7-19-14(8-12)5-3-6-14/h9-10,12H,2-8H2,1H3. The largest absolute Gasteiger partial charge is 0.462 e. The van der Waals surface area contributed by atoms with E-state index < -0.39 is 0 Å². The maximum Gasteiger partial charge on any atom is 0.341 e. The van der Waals surface area contributed by atoms with Crippen LogP contribution in [0.3, 0.4) is 0 Å². The molecule has 1 saturated carbocycles. The lowest BCUT2D eigenvalue weighted by atomic mass is 9.74. The maximum atomic E-state index is 11.6. The first-order valence-corrected chi connectivity index (χ1v) is 7.08. The van der Waals surface area contributed by atoms with E-state index in [1.165, 1.54) is 6.42 Å². The van der Waals surface area contributed by atoms with Crippen molar-refractivity contribution in [3.63, 3.8) is 0 Å². The molecule has 104 valence electrons. The molecule has 1 spiro atoms. The number of hydrogen-bond acceptors (Lipinski definition) is 4. The van der Waals surface area contributed by atoms with Gasteiger partial charge in [0.25, 0.3) is 0 Å². The van der Waals surface area contributed by atoms with Gasteiger partial charge in [0, 0.05) is 12.8 Å². The number of aromatic nitrogens is 2. The van der Waals surface area contributed by atoms with Crippen molar-refractivity contribution in [1.29, 1.82) is 0 Å². The number of ether oxygens (including phenoxy) is 2. The van der Waals surface area contributed by atoms with Gasteiger partial charge < -0.3 is 9.47 Å². The minimum absolute atomic E-state index is 0.0962. The van der Waals surface area contributed by atoms with E-state index in [1.807, 2.05) is 4.68 Å². The molecule has 19 heavy (non-hydrogen) atoms. The highest BCUT2D eigenvalue weighted by molar-refractivity contribution is 5.88. The quantitative estimate of drug-likeness (QED) is 0.786. The van der Waals surface area contributed by atoms with E-state index >= 15 is 0 Å². The van der Waals surface area contributed by atoms with Crippen LogP contribution in [-0.4, -0.2) is 34.6 Å². The summed E-state index contributed by atoms with van der Waals surface area (Å²) in [6.07, 6.45) is 8.97. The highest BCUT2D eigenvalue weighted by atomic mass is 16.5. The molecule has 5 heteroatoms. The molecule has 0 radical (unpaired) electrons. The van der Waals surface area contributed by atoms with E-state index in [0.29, 0.717) is 18.2 Å². The number of hydrogen-bond donors (Lipinski definition) is 0. The Labute approximate surface area is 112 Å². The highest BCUT2D eigenvalue weighted by Gasteiger charge is 2.43. The smallest absolute Gasteiger partial charge is 0.341 e. The van der Waals surface area contributed by atoms with Gasteiger partial charge in [-0.1, -0.05) is 0 Å². The lowest BCUT2D eigenvalue weighted by molar-refractivity contribution is -0.141. The third kappa shape index (κ3) is 2.39. The second-order valence-electron chi connectivity index (χ2n) is 5.46. The molecule has 1 unspecified atom stereocenters. The molecule has 3 rings (SSSR count). The van der Waals surface area contributed by atoms with Crippen molar-refractivity contribution in [2.45, 2.75) is 50.7 Å². The van der Waals surface area contributed by atoms with Gasteiger partial charge in [-0.2, -0.15) is 5.10 Å². The second kappa shape index (κ2) is 4.96. The van der Waals surface area contributed by atoms with Crippen LogP contribution in [0.1, 0.15) is 55.4 Å². The van der Waals surface area contributed by atoms with Crippen LogP contribution in [0.15, 0.2) is 12.4 Å². The Kier molecular flexibility index (Phi) is 3.31. The summed E-state index contributed by atoms with van der Waals surface area (Å²) in [5.74, 6) is -0.292. The minimum atomic E-state index is -0.292. The van der Waals surface area contributed by atoms with Gasteiger partial charge in [-0.3, -0.25) is 4.68 Å². The maximum absolute atomic E-state index is 11.6. The van der Waals surface area contributed by atoms with Gasteiger partial charge in [-0.05, 0) is 39.0 Å². The Morgan fingerprint density at radius 1 is 1.63 bits per heavy atom. The summed E-state index contributed by atoms with van der Waals surface area (Å²) in [4.78, 5) is 11.6. The Balaban J connectivity index is 1.70. The third-order valence-corrected chi connectivity index (χ3v) is 4.22. The van der Waals surface area contributed by atoms with Crippen LogP contribution >= 0.6 is 0 Å². The van der Waals surface area contributed by atoms with Crippen LogP contribution in [0.2, 0.25) is 0 Å². The topological polar surface area (TPSA) is 53.3 Å². The molecule has 5 nitrogen and oxygen atoms in total. The van der Waals surface area contributed by atoms with Crippen molar-refractivity contribution in [3.05, 3.63) is 18.0 Å². The monoisotopic (exact) mass is 264 g/mol. The van der Waals surface area contributed by atoms with Crippen molar-refractivity contribution in [2.24, 2.45) is 0 Å². The molecule has 1 aliphatic carbocycles. The number of carbonyl (C=O) groups is 1. The average Bonchev–Trinajstić information content (AvgIpc) is 2.87. The summed E-state index contributed by atoms with van der Waals surface area (Å²) >= 11 is 0. The molecule has 1 atom stereocenters. The zero-order chi connectivity index (χ0) is 13.3. The van der Waals surface area contributed by atoms with E-state index in [2.05, 4.69) is 5.10 Å². The highest BCUT2D eigenvalue weighted by Crippen LogP contribution is 2.45. The van der Waals surface area contributed by atoms with E-state index in [-0.39, 0.29) is 11.6 Å². The van der Waals surface area contributed by atoms with Gasteiger partial charge in [-0.25, -0.2) is 4.79 Å². The molecule has 0 N–H and O–H groups in total. The Morgan fingerprint density at radius 3 is 3.16 bits per heavy atom. The fourth-order valence-electron chi connectivity index (χ4n) is 3.00. The molecule has 1 aliphatic heterocycles. The lowest BCUT2D eigenvalue weighted by Gasteiger charge is -2.47. The molecular formula is C14H20N2O3. The van der Waals surface area contributed by atoms with Gasteiger partial charge in [0.2, 0.25) is 0 Å². The minimum Gasteiger partial charge on any atom is -0.462 e. The van der Waals surface area contributed by atoms with Crippen molar-refractivity contribution < 1.29 is 14.3 Å². The van der Waals surface area contributed by atoms with Gasteiger partial charge >= 0.3 is 5.97 Å².